The molecule has 1 amide bonds. The average molecular weight is 221 g/mol. The van der Waals surface area contributed by atoms with E-state index in [4.69, 9.17) is 10.4 Å². The molecule has 6 heteroatoms. The highest BCUT2D eigenvalue weighted by atomic mass is 16.4. The minimum Gasteiger partial charge on any atom is -0.477 e. The number of hydrogen-bond donors (Lipinski definition) is 2. The van der Waals surface area contributed by atoms with Gasteiger partial charge >= 0.3 is 5.97 Å². The smallest absolute Gasteiger partial charge is 0.352 e. The van der Waals surface area contributed by atoms with Crippen LogP contribution < -0.4 is 5.32 Å². The molecule has 6 nitrogen and oxygen atoms in total. The second kappa shape index (κ2) is 4.98. The minimum absolute atomic E-state index is 0.0819. The Morgan fingerprint density at radius 3 is 2.88 bits per heavy atom. The van der Waals surface area contributed by atoms with Gasteiger partial charge in [0.2, 0.25) is 5.91 Å². The van der Waals surface area contributed by atoms with Gasteiger partial charge in [-0.25, -0.2) is 4.79 Å². The third-order valence-electron chi connectivity index (χ3n) is 2.05. The van der Waals surface area contributed by atoms with E-state index in [-0.39, 0.29) is 24.7 Å². The standard InChI is InChI=1S/C10H11N3O3/c1-7-2-5-13(9(7)10(15)16)6-8(14)12-4-3-11/h2,5H,4,6H2,1H3,(H,12,14)(H,15,16). The number of aromatic nitrogens is 1. The van der Waals surface area contributed by atoms with Crippen molar-refractivity contribution in [1.29, 1.82) is 5.26 Å². The van der Waals surface area contributed by atoms with Crippen molar-refractivity contribution in [3.05, 3.63) is 23.5 Å². The molecule has 0 fully saturated rings. The highest BCUT2D eigenvalue weighted by Crippen LogP contribution is 2.09. The van der Waals surface area contributed by atoms with Crippen molar-refractivity contribution in [1.82, 2.24) is 9.88 Å². The Morgan fingerprint density at radius 2 is 2.31 bits per heavy atom. The third kappa shape index (κ3) is 2.60. The molecule has 2 N–H and O–H groups in total. The summed E-state index contributed by atoms with van der Waals surface area (Å²) in [6, 6.07) is 3.40. The normalized spacial score (nSPS) is 9.50. The maximum absolute atomic E-state index is 11.3. The van der Waals surface area contributed by atoms with Gasteiger partial charge in [0.1, 0.15) is 18.8 Å². The Hall–Kier alpha value is -2.29. The molecule has 0 aliphatic heterocycles. The zero-order valence-electron chi connectivity index (χ0n) is 8.73. The fourth-order valence-electron chi connectivity index (χ4n) is 1.35. The van der Waals surface area contributed by atoms with Gasteiger partial charge in [-0.15, -0.1) is 0 Å². The number of aryl methyl sites for hydroxylation is 1. The SMILES string of the molecule is Cc1ccn(CC(=O)NCC#N)c1C(=O)O. The van der Waals surface area contributed by atoms with E-state index < -0.39 is 5.97 Å². The van der Waals surface area contributed by atoms with Crippen LogP contribution in [-0.4, -0.2) is 28.1 Å². The molecule has 1 aromatic heterocycles. The topological polar surface area (TPSA) is 95.1 Å². The van der Waals surface area contributed by atoms with Crippen LogP contribution in [-0.2, 0) is 11.3 Å². The molecule has 0 spiro atoms. The number of nitriles is 1. The maximum atomic E-state index is 11.3. The van der Waals surface area contributed by atoms with Gasteiger partial charge in [-0.3, -0.25) is 4.79 Å². The number of hydrogen-bond acceptors (Lipinski definition) is 3. The summed E-state index contributed by atoms with van der Waals surface area (Å²) in [6.07, 6.45) is 1.53. The third-order valence-corrected chi connectivity index (χ3v) is 2.05. The summed E-state index contributed by atoms with van der Waals surface area (Å²) >= 11 is 0. The second-order valence-corrected chi connectivity index (χ2v) is 3.22. The van der Waals surface area contributed by atoms with Gasteiger partial charge in [0.25, 0.3) is 0 Å². The van der Waals surface area contributed by atoms with Crippen LogP contribution in [0.3, 0.4) is 0 Å². The molecule has 16 heavy (non-hydrogen) atoms. The Labute approximate surface area is 92.1 Å². The first-order valence-corrected chi connectivity index (χ1v) is 4.59. The number of nitrogens with zero attached hydrogens (tertiary/aromatic N) is 2. The molecule has 0 atom stereocenters. The molecular weight excluding hydrogens is 210 g/mol. The van der Waals surface area contributed by atoms with Crippen LogP contribution in [0.15, 0.2) is 12.3 Å². The lowest BCUT2D eigenvalue weighted by atomic mass is 10.3. The summed E-state index contributed by atoms with van der Waals surface area (Å²) in [4.78, 5) is 22.2. The molecule has 0 aromatic carbocycles. The maximum Gasteiger partial charge on any atom is 0.352 e. The van der Waals surface area contributed by atoms with Crippen LogP contribution in [0, 0.1) is 18.3 Å². The van der Waals surface area contributed by atoms with Crippen LogP contribution >= 0.6 is 0 Å². The van der Waals surface area contributed by atoms with Crippen molar-refractivity contribution >= 4 is 11.9 Å². The van der Waals surface area contributed by atoms with E-state index in [0.29, 0.717) is 5.56 Å². The molecule has 1 aromatic rings. The van der Waals surface area contributed by atoms with Gasteiger partial charge in [-0.2, -0.15) is 5.26 Å². The lowest BCUT2D eigenvalue weighted by Gasteiger charge is -2.06. The molecule has 0 saturated heterocycles. The van der Waals surface area contributed by atoms with Crippen LogP contribution in [0.25, 0.3) is 0 Å². The number of carbonyl (C=O) groups excluding carboxylic acids is 1. The van der Waals surface area contributed by atoms with Crippen molar-refractivity contribution < 1.29 is 14.7 Å². The predicted octanol–water partition coefficient (Wildman–Crippen LogP) is 0.135. The molecule has 0 bridgehead atoms. The summed E-state index contributed by atoms with van der Waals surface area (Å²) < 4.78 is 1.34. The Bertz CT molecular complexity index is 456. The highest BCUT2D eigenvalue weighted by molar-refractivity contribution is 5.88. The zero-order valence-corrected chi connectivity index (χ0v) is 8.73. The van der Waals surface area contributed by atoms with Crippen molar-refractivity contribution in [3.63, 3.8) is 0 Å². The van der Waals surface area contributed by atoms with E-state index in [0.717, 1.165) is 0 Å². The number of carboxylic acids is 1. The highest BCUT2D eigenvalue weighted by Gasteiger charge is 2.14. The number of carbonyl (C=O) groups is 2. The largest absolute Gasteiger partial charge is 0.477 e. The van der Waals surface area contributed by atoms with Gasteiger partial charge in [0.05, 0.1) is 6.07 Å². The second-order valence-electron chi connectivity index (χ2n) is 3.22. The lowest BCUT2D eigenvalue weighted by Crippen LogP contribution is -2.28. The van der Waals surface area contributed by atoms with E-state index in [1.54, 1.807) is 19.1 Å². The molecule has 1 heterocycles. The molecule has 0 unspecified atom stereocenters. The summed E-state index contributed by atoms with van der Waals surface area (Å²) in [7, 11) is 0. The van der Waals surface area contributed by atoms with E-state index in [1.165, 1.54) is 10.8 Å². The van der Waals surface area contributed by atoms with Crippen LogP contribution in [0.1, 0.15) is 16.1 Å². The quantitative estimate of drug-likeness (QED) is 0.706. The van der Waals surface area contributed by atoms with Crippen molar-refractivity contribution in [3.8, 4) is 6.07 Å². The van der Waals surface area contributed by atoms with Gasteiger partial charge < -0.3 is 15.0 Å². The van der Waals surface area contributed by atoms with Gasteiger partial charge in [0, 0.05) is 6.20 Å². The number of amides is 1. The number of carboxylic acid groups (broad SMARTS) is 1. The first-order valence-electron chi connectivity index (χ1n) is 4.59. The van der Waals surface area contributed by atoms with E-state index in [2.05, 4.69) is 5.32 Å². The van der Waals surface area contributed by atoms with E-state index in [9.17, 15) is 9.59 Å². The first-order chi connectivity index (χ1) is 7.56. The number of rotatable bonds is 4. The van der Waals surface area contributed by atoms with Gasteiger partial charge in [-0.05, 0) is 18.6 Å². The average Bonchev–Trinajstić information content (AvgIpc) is 2.56. The molecule has 1 rings (SSSR count). The molecule has 0 radical (unpaired) electrons. The zero-order chi connectivity index (χ0) is 12.1. The molecule has 0 aliphatic carbocycles. The summed E-state index contributed by atoms with van der Waals surface area (Å²) in [5.41, 5.74) is 0.688. The Morgan fingerprint density at radius 1 is 1.62 bits per heavy atom. The first kappa shape index (κ1) is 11.8. The van der Waals surface area contributed by atoms with Crippen LogP contribution in [0.2, 0.25) is 0 Å². The summed E-state index contributed by atoms with van der Waals surface area (Å²) in [5, 5.41) is 19.5. The summed E-state index contributed by atoms with van der Waals surface area (Å²) in [5.74, 6) is -1.46. The molecule has 0 saturated carbocycles. The van der Waals surface area contributed by atoms with Crippen molar-refractivity contribution in [2.24, 2.45) is 0 Å². The van der Waals surface area contributed by atoms with Crippen molar-refractivity contribution in [2.75, 3.05) is 6.54 Å². The number of nitrogens with one attached hydrogen (secondary N) is 1. The molecule has 0 aliphatic rings. The van der Waals surface area contributed by atoms with Gasteiger partial charge in [-0.1, -0.05) is 0 Å². The Balaban J connectivity index is 2.78. The van der Waals surface area contributed by atoms with E-state index in [1.807, 2.05) is 0 Å². The predicted molar refractivity (Wildman–Crippen MR) is 54.8 cm³/mol. The lowest BCUT2D eigenvalue weighted by molar-refractivity contribution is -0.121. The fraction of sp³-hybridized carbons (Fsp3) is 0.300. The van der Waals surface area contributed by atoms with Gasteiger partial charge in [0.15, 0.2) is 0 Å². The Kier molecular flexibility index (Phi) is 3.67. The monoisotopic (exact) mass is 221 g/mol. The van der Waals surface area contributed by atoms with Crippen molar-refractivity contribution in [2.45, 2.75) is 13.5 Å². The van der Waals surface area contributed by atoms with E-state index >= 15 is 0 Å². The minimum atomic E-state index is -1.07. The summed E-state index contributed by atoms with van der Waals surface area (Å²) in [6.45, 7) is 1.48. The van der Waals surface area contributed by atoms with Crippen LogP contribution in [0.5, 0.6) is 0 Å². The van der Waals surface area contributed by atoms with Crippen LogP contribution in [0.4, 0.5) is 0 Å². The number of aromatic carboxylic acids is 1. The molecule has 84 valence electrons. The fourth-order valence-corrected chi connectivity index (χ4v) is 1.35. The molecular formula is C10H11N3O3.